The standard InChI is InChI=1S/C29H28FN9O/c1-17-32-16-25(38(17)2)23-14-22-24(15-33-23)36-37-27(22)29-34-26-21(5-6-31-28(26)35-29)18-11-19(30)13-20(12-18)40-10-9-39-7-3-4-8-39/h5-6,11-16H,3-4,7-10H2,1-2H3,(H,36,37)(H,31,34,35). The molecule has 2 N–H and O–H groups in total. The second-order valence-corrected chi connectivity index (χ2v) is 10.2. The van der Waals surface area contributed by atoms with Crippen molar-refractivity contribution in [2.75, 3.05) is 26.2 Å². The molecular formula is C29H28FN9O. The van der Waals surface area contributed by atoms with Crippen molar-refractivity contribution in [1.29, 1.82) is 0 Å². The van der Waals surface area contributed by atoms with E-state index in [1.165, 1.54) is 25.0 Å². The summed E-state index contributed by atoms with van der Waals surface area (Å²) in [5, 5.41) is 8.44. The molecule has 1 fully saturated rings. The average molecular weight is 538 g/mol. The molecule has 10 nitrogen and oxygen atoms in total. The van der Waals surface area contributed by atoms with Gasteiger partial charge in [-0.1, -0.05) is 0 Å². The lowest BCUT2D eigenvalue weighted by Gasteiger charge is -2.15. The number of aryl methyl sites for hydroxylation is 1. The molecule has 11 heteroatoms. The van der Waals surface area contributed by atoms with Crippen molar-refractivity contribution in [2.24, 2.45) is 7.05 Å². The maximum Gasteiger partial charge on any atom is 0.160 e. The topological polar surface area (TPSA) is 113 Å². The Kier molecular flexibility index (Phi) is 6.00. The third-order valence-corrected chi connectivity index (χ3v) is 7.60. The number of hydrogen-bond donors (Lipinski definition) is 2. The minimum absolute atomic E-state index is 0.363. The summed E-state index contributed by atoms with van der Waals surface area (Å²) in [6.45, 7) is 5.50. The van der Waals surface area contributed by atoms with Gasteiger partial charge in [0.25, 0.3) is 0 Å². The smallest absolute Gasteiger partial charge is 0.160 e. The number of likely N-dealkylation sites (tertiary alicyclic amines) is 1. The van der Waals surface area contributed by atoms with Gasteiger partial charge < -0.3 is 14.3 Å². The minimum atomic E-state index is -0.363. The fraction of sp³-hybridized carbons (Fsp3) is 0.276. The average Bonchev–Trinajstić information content (AvgIpc) is 3.75. The molecule has 6 heterocycles. The molecular weight excluding hydrogens is 509 g/mol. The van der Waals surface area contributed by atoms with Crippen molar-refractivity contribution >= 4 is 22.1 Å². The summed E-state index contributed by atoms with van der Waals surface area (Å²) in [5.74, 6) is 1.59. The number of H-pyrrole nitrogens is 2. The van der Waals surface area contributed by atoms with E-state index in [1.807, 2.05) is 42.9 Å². The summed E-state index contributed by atoms with van der Waals surface area (Å²) in [5.41, 5.74) is 5.75. The Hall–Kier alpha value is -4.64. The van der Waals surface area contributed by atoms with Crippen LogP contribution in [0.1, 0.15) is 18.7 Å². The third kappa shape index (κ3) is 4.37. The van der Waals surface area contributed by atoms with Crippen LogP contribution in [0.5, 0.6) is 5.75 Å². The lowest BCUT2D eigenvalue weighted by Crippen LogP contribution is -2.25. The SMILES string of the molecule is Cc1ncc(-c2cc3c(-c4nc5c(-c6cc(F)cc(OCCN7CCCC7)c6)ccnc5[nH]4)n[nH]c3cn2)n1C. The van der Waals surface area contributed by atoms with Gasteiger partial charge in [0.05, 0.1) is 29.3 Å². The number of nitrogens with zero attached hydrogens (tertiary/aromatic N) is 7. The van der Waals surface area contributed by atoms with E-state index in [0.29, 0.717) is 40.6 Å². The zero-order chi connectivity index (χ0) is 27.2. The van der Waals surface area contributed by atoms with Gasteiger partial charge in [0.2, 0.25) is 0 Å². The van der Waals surface area contributed by atoms with Crippen LogP contribution in [0.15, 0.2) is 48.9 Å². The lowest BCUT2D eigenvalue weighted by molar-refractivity contribution is 0.237. The van der Waals surface area contributed by atoms with Crippen molar-refractivity contribution in [3.05, 3.63) is 60.6 Å². The van der Waals surface area contributed by atoms with E-state index in [2.05, 4.69) is 35.0 Å². The van der Waals surface area contributed by atoms with Crippen LogP contribution in [0.2, 0.25) is 0 Å². The van der Waals surface area contributed by atoms with Crippen LogP contribution in [0, 0.1) is 12.7 Å². The number of fused-ring (bicyclic) bond motifs is 2. The first-order valence-corrected chi connectivity index (χ1v) is 13.4. The van der Waals surface area contributed by atoms with E-state index >= 15 is 0 Å². The molecule has 0 unspecified atom stereocenters. The number of nitrogens with one attached hydrogen (secondary N) is 2. The summed E-state index contributed by atoms with van der Waals surface area (Å²) >= 11 is 0. The molecule has 5 aromatic heterocycles. The maximum atomic E-state index is 14.7. The van der Waals surface area contributed by atoms with Crippen LogP contribution in [0.4, 0.5) is 4.39 Å². The number of benzene rings is 1. The number of halogens is 1. The number of pyridine rings is 2. The molecule has 1 aromatic carbocycles. The molecule has 6 aromatic rings. The third-order valence-electron chi connectivity index (χ3n) is 7.60. The number of rotatable bonds is 7. The van der Waals surface area contributed by atoms with Gasteiger partial charge in [-0.05, 0) is 62.7 Å². The van der Waals surface area contributed by atoms with E-state index in [-0.39, 0.29) is 5.82 Å². The van der Waals surface area contributed by atoms with Crippen LogP contribution >= 0.6 is 0 Å². The molecule has 1 aliphatic rings. The Morgan fingerprint density at radius 3 is 2.75 bits per heavy atom. The Balaban J connectivity index is 1.23. The second-order valence-electron chi connectivity index (χ2n) is 10.2. The predicted molar refractivity (Wildman–Crippen MR) is 150 cm³/mol. The summed E-state index contributed by atoms with van der Waals surface area (Å²) < 4.78 is 22.6. The zero-order valence-electron chi connectivity index (χ0n) is 22.3. The van der Waals surface area contributed by atoms with Gasteiger partial charge in [-0.2, -0.15) is 5.10 Å². The van der Waals surface area contributed by atoms with Crippen LogP contribution in [-0.4, -0.2) is 70.8 Å². The van der Waals surface area contributed by atoms with Gasteiger partial charge >= 0.3 is 0 Å². The largest absolute Gasteiger partial charge is 0.492 e. The minimum Gasteiger partial charge on any atom is -0.492 e. The highest BCUT2D eigenvalue weighted by Crippen LogP contribution is 2.33. The molecule has 0 aliphatic carbocycles. The Morgan fingerprint density at radius 1 is 1.05 bits per heavy atom. The lowest BCUT2D eigenvalue weighted by atomic mass is 10.1. The summed E-state index contributed by atoms with van der Waals surface area (Å²) in [6.07, 6.45) is 7.71. The fourth-order valence-electron chi connectivity index (χ4n) is 5.33. The molecule has 202 valence electrons. The molecule has 0 bridgehead atoms. The molecule has 7 rings (SSSR count). The molecule has 1 saturated heterocycles. The van der Waals surface area contributed by atoms with Crippen LogP contribution < -0.4 is 4.74 Å². The maximum absolute atomic E-state index is 14.7. The van der Waals surface area contributed by atoms with Crippen LogP contribution in [0.25, 0.3) is 56.1 Å². The van der Waals surface area contributed by atoms with E-state index < -0.39 is 0 Å². The van der Waals surface area contributed by atoms with Crippen LogP contribution in [-0.2, 0) is 7.05 Å². The van der Waals surface area contributed by atoms with Crippen molar-refractivity contribution in [2.45, 2.75) is 19.8 Å². The quantitative estimate of drug-likeness (QED) is 0.298. The summed E-state index contributed by atoms with van der Waals surface area (Å²) in [6, 6.07) is 8.59. The van der Waals surface area contributed by atoms with Crippen molar-refractivity contribution in [1.82, 2.24) is 44.6 Å². The Bertz CT molecular complexity index is 1850. The van der Waals surface area contributed by atoms with Gasteiger partial charge in [-0.25, -0.2) is 19.3 Å². The van der Waals surface area contributed by atoms with Crippen molar-refractivity contribution in [3.63, 3.8) is 0 Å². The van der Waals surface area contributed by atoms with Gasteiger partial charge in [0.1, 0.15) is 35.2 Å². The van der Waals surface area contributed by atoms with E-state index in [9.17, 15) is 4.39 Å². The zero-order valence-corrected chi connectivity index (χ0v) is 22.3. The first-order valence-electron chi connectivity index (χ1n) is 13.4. The highest BCUT2D eigenvalue weighted by atomic mass is 19.1. The van der Waals surface area contributed by atoms with Gasteiger partial charge in [0, 0.05) is 36.8 Å². The summed E-state index contributed by atoms with van der Waals surface area (Å²) in [7, 11) is 1.96. The van der Waals surface area contributed by atoms with E-state index in [4.69, 9.17) is 9.72 Å². The number of hydrogen-bond acceptors (Lipinski definition) is 7. The number of ether oxygens (including phenoxy) is 1. The Labute approximate surface area is 229 Å². The van der Waals surface area contributed by atoms with Gasteiger partial charge in [-0.3, -0.25) is 15.0 Å². The highest BCUT2D eigenvalue weighted by molar-refractivity contribution is 5.96. The van der Waals surface area contributed by atoms with Gasteiger partial charge in [-0.15, -0.1) is 0 Å². The molecule has 0 saturated carbocycles. The Morgan fingerprint density at radius 2 is 1.93 bits per heavy atom. The number of aromatic amines is 2. The second kappa shape index (κ2) is 9.83. The molecule has 0 atom stereocenters. The highest BCUT2D eigenvalue weighted by Gasteiger charge is 2.18. The molecule has 0 radical (unpaired) electrons. The molecule has 40 heavy (non-hydrogen) atoms. The number of imidazole rings is 2. The van der Waals surface area contributed by atoms with E-state index in [1.54, 1.807) is 12.4 Å². The van der Waals surface area contributed by atoms with Crippen molar-refractivity contribution in [3.8, 4) is 39.8 Å². The molecule has 0 amide bonds. The van der Waals surface area contributed by atoms with E-state index in [0.717, 1.165) is 53.3 Å². The summed E-state index contributed by atoms with van der Waals surface area (Å²) in [4.78, 5) is 24.0. The molecule has 1 aliphatic heterocycles. The first-order chi connectivity index (χ1) is 19.5. The first kappa shape index (κ1) is 24.4. The monoisotopic (exact) mass is 537 g/mol. The normalized spacial score (nSPS) is 14.1. The van der Waals surface area contributed by atoms with Crippen LogP contribution in [0.3, 0.4) is 0 Å². The fourth-order valence-corrected chi connectivity index (χ4v) is 5.33. The number of aromatic nitrogens is 8. The van der Waals surface area contributed by atoms with Gasteiger partial charge in [0.15, 0.2) is 11.5 Å². The van der Waals surface area contributed by atoms with Crippen molar-refractivity contribution < 1.29 is 9.13 Å². The predicted octanol–water partition coefficient (Wildman–Crippen LogP) is 4.89. The molecule has 0 spiro atoms.